The zero-order chi connectivity index (χ0) is 13.7. The van der Waals surface area contributed by atoms with Crippen LogP contribution in [0.25, 0.3) is 0 Å². The van der Waals surface area contributed by atoms with Gasteiger partial charge in [-0.3, -0.25) is 0 Å². The first kappa shape index (κ1) is 13.5. The normalized spacial score (nSPS) is 10.4. The fourth-order valence-corrected chi connectivity index (χ4v) is 2.25. The van der Waals surface area contributed by atoms with Crippen molar-refractivity contribution in [1.82, 2.24) is 15.0 Å². The highest BCUT2D eigenvalue weighted by Gasteiger charge is 2.08. The summed E-state index contributed by atoms with van der Waals surface area (Å²) < 4.78 is 5.32. The van der Waals surface area contributed by atoms with Gasteiger partial charge in [0.25, 0.3) is 0 Å². The summed E-state index contributed by atoms with van der Waals surface area (Å²) in [4.78, 5) is 12.5. The van der Waals surface area contributed by atoms with Gasteiger partial charge in [0.15, 0.2) is 5.82 Å². The third-order valence-electron chi connectivity index (χ3n) is 2.47. The van der Waals surface area contributed by atoms with Crippen LogP contribution in [0.4, 0.5) is 11.5 Å². The first-order valence-electron chi connectivity index (χ1n) is 6.09. The fraction of sp³-hybridized carbons (Fsp3) is 0.417. The van der Waals surface area contributed by atoms with E-state index in [-0.39, 0.29) is 0 Å². The minimum absolute atomic E-state index is 0.421. The van der Waals surface area contributed by atoms with Crippen LogP contribution in [0.15, 0.2) is 11.7 Å². The van der Waals surface area contributed by atoms with E-state index in [9.17, 15) is 0 Å². The van der Waals surface area contributed by atoms with E-state index >= 15 is 0 Å². The maximum atomic E-state index is 5.93. The molecule has 0 spiro atoms. The zero-order valence-electron chi connectivity index (χ0n) is 11.0. The highest BCUT2D eigenvalue weighted by molar-refractivity contribution is 7.09. The van der Waals surface area contributed by atoms with Gasteiger partial charge >= 0.3 is 0 Å². The Labute approximate surface area is 116 Å². The molecule has 0 aliphatic heterocycles. The molecule has 2 rings (SSSR count). The van der Waals surface area contributed by atoms with Crippen LogP contribution in [0.3, 0.4) is 0 Å². The summed E-state index contributed by atoms with van der Waals surface area (Å²) >= 11 is 1.65. The molecule has 0 saturated carbocycles. The molecule has 102 valence electrons. The molecule has 6 nitrogen and oxygen atoms in total. The highest BCUT2D eigenvalue weighted by atomic mass is 32.1. The predicted octanol–water partition coefficient (Wildman–Crippen LogP) is 1.88. The van der Waals surface area contributed by atoms with E-state index in [0.717, 1.165) is 23.7 Å². The van der Waals surface area contributed by atoms with Crippen molar-refractivity contribution in [2.45, 2.75) is 20.3 Å². The molecule has 0 aliphatic rings. The topological polar surface area (TPSA) is 86.0 Å². The van der Waals surface area contributed by atoms with E-state index in [1.807, 2.05) is 13.8 Å². The molecule has 7 heteroatoms. The number of aromatic nitrogens is 3. The summed E-state index contributed by atoms with van der Waals surface area (Å²) in [6, 6.07) is 0. The lowest BCUT2D eigenvalue weighted by Gasteiger charge is -2.10. The van der Waals surface area contributed by atoms with Crippen molar-refractivity contribution in [2.24, 2.45) is 0 Å². The number of nitrogens with zero attached hydrogens (tertiary/aromatic N) is 3. The Morgan fingerprint density at radius 3 is 2.95 bits per heavy atom. The minimum atomic E-state index is 0.421. The van der Waals surface area contributed by atoms with Crippen molar-refractivity contribution in [3.63, 3.8) is 0 Å². The predicted molar refractivity (Wildman–Crippen MR) is 76.7 cm³/mol. The van der Waals surface area contributed by atoms with Gasteiger partial charge in [-0.25, -0.2) is 9.97 Å². The Bertz CT molecular complexity index is 543. The molecule has 2 aromatic heterocycles. The second kappa shape index (κ2) is 6.33. The molecule has 0 bridgehead atoms. The lowest BCUT2D eigenvalue weighted by Crippen LogP contribution is -2.10. The van der Waals surface area contributed by atoms with E-state index in [4.69, 9.17) is 10.5 Å². The molecule has 0 saturated heterocycles. The zero-order valence-corrected chi connectivity index (χ0v) is 11.8. The average molecular weight is 279 g/mol. The molecule has 0 unspecified atom stereocenters. The molecule has 0 atom stereocenters. The van der Waals surface area contributed by atoms with E-state index in [0.29, 0.717) is 24.0 Å². The van der Waals surface area contributed by atoms with Crippen LogP contribution in [-0.4, -0.2) is 28.1 Å². The van der Waals surface area contributed by atoms with E-state index in [1.54, 1.807) is 11.3 Å². The van der Waals surface area contributed by atoms with Gasteiger partial charge in [-0.15, -0.1) is 11.3 Å². The number of aryl methyl sites for hydroxylation is 1. The van der Waals surface area contributed by atoms with Gasteiger partial charge in [0.05, 0.1) is 17.3 Å². The smallest absolute Gasteiger partial charge is 0.242 e. The van der Waals surface area contributed by atoms with Crippen LogP contribution in [0.2, 0.25) is 0 Å². The Morgan fingerprint density at radius 1 is 1.42 bits per heavy atom. The Balaban J connectivity index is 1.94. The quantitative estimate of drug-likeness (QED) is 0.839. The third-order valence-corrected chi connectivity index (χ3v) is 3.29. The van der Waals surface area contributed by atoms with Crippen LogP contribution in [0, 0.1) is 6.92 Å². The molecular weight excluding hydrogens is 262 g/mol. The van der Waals surface area contributed by atoms with Crippen molar-refractivity contribution in [3.8, 4) is 5.88 Å². The van der Waals surface area contributed by atoms with Gasteiger partial charge in [-0.2, -0.15) is 4.98 Å². The van der Waals surface area contributed by atoms with Crippen LogP contribution in [-0.2, 0) is 6.42 Å². The number of hydrogen-bond donors (Lipinski definition) is 2. The Hall–Kier alpha value is -1.89. The van der Waals surface area contributed by atoms with Crippen molar-refractivity contribution < 1.29 is 4.74 Å². The molecule has 2 heterocycles. The SMILES string of the molecule is CCOc1ncnc(NCCc2csc(C)n2)c1N. The van der Waals surface area contributed by atoms with Crippen molar-refractivity contribution in [2.75, 3.05) is 24.2 Å². The molecule has 0 aromatic carbocycles. The summed E-state index contributed by atoms with van der Waals surface area (Å²) in [5.74, 6) is 1.02. The largest absolute Gasteiger partial charge is 0.476 e. The number of hydrogen-bond acceptors (Lipinski definition) is 7. The van der Waals surface area contributed by atoms with Crippen LogP contribution >= 0.6 is 11.3 Å². The molecule has 19 heavy (non-hydrogen) atoms. The maximum Gasteiger partial charge on any atom is 0.242 e. The Kier molecular flexibility index (Phi) is 4.51. The summed E-state index contributed by atoms with van der Waals surface area (Å²) in [5, 5.41) is 6.32. The second-order valence-electron chi connectivity index (χ2n) is 3.91. The number of nitrogens with two attached hydrogens (primary N) is 1. The van der Waals surface area contributed by atoms with Crippen LogP contribution < -0.4 is 15.8 Å². The summed E-state index contributed by atoms with van der Waals surface area (Å²) in [7, 11) is 0. The maximum absolute atomic E-state index is 5.93. The lowest BCUT2D eigenvalue weighted by atomic mass is 10.3. The minimum Gasteiger partial charge on any atom is -0.476 e. The highest BCUT2D eigenvalue weighted by Crippen LogP contribution is 2.24. The van der Waals surface area contributed by atoms with Gasteiger partial charge in [0.2, 0.25) is 5.88 Å². The second-order valence-corrected chi connectivity index (χ2v) is 4.97. The van der Waals surface area contributed by atoms with Crippen molar-refractivity contribution >= 4 is 22.8 Å². The average Bonchev–Trinajstić information content (AvgIpc) is 2.80. The van der Waals surface area contributed by atoms with Gasteiger partial charge in [-0.1, -0.05) is 0 Å². The monoisotopic (exact) mass is 279 g/mol. The number of ether oxygens (including phenoxy) is 1. The van der Waals surface area contributed by atoms with Crippen LogP contribution in [0.1, 0.15) is 17.6 Å². The number of nitrogen functional groups attached to an aromatic ring is 1. The van der Waals surface area contributed by atoms with E-state index in [2.05, 4.69) is 25.6 Å². The molecule has 0 aliphatic carbocycles. The molecule has 3 N–H and O–H groups in total. The van der Waals surface area contributed by atoms with Gasteiger partial charge in [0, 0.05) is 18.3 Å². The number of anilines is 2. The third kappa shape index (κ3) is 3.54. The Morgan fingerprint density at radius 2 is 2.26 bits per heavy atom. The van der Waals surface area contributed by atoms with Crippen molar-refractivity contribution in [1.29, 1.82) is 0 Å². The summed E-state index contributed by atoms with van der Waals surface area (Å²) in [6.45, 7) is 5.13. The van der Waals surface area contributed by atoms with Gasteiger partial charge in [0.1, 0.15) is 12.0 Å². The lowest BCUT2D eigenvalue weighted by molar-refractivity contribution is 0.328. The molecular formula is C12H17N5OS. The standard InChI is InChI=1S/C12H17N5OS/c1-3-18-12-10(13)11(15-7-16-12)14-5-4-9-6-19-8(2)17-9/h6-7H,3-5,13H2,1-2H3,(H,14,15,16). The van der Waals surface area contributed by atoms with E-state index < -0.39 is 0 Å². The number of thiazole rings is 1. The molecule has 0 radical (unpaired) electrons. The first-order valence-corrected chi connectivity index (χ1v) is 6.96. The van der Waals surface area contributed by atoms with Crippen molar-refractivity contribution in [3.05, 3.63) is 22.4 Å². The van der Waals surface area contributed by atoms with Crippen LogP contribution in [0.5, 0.6) is 5.88 Å². The number of rotatable bonds is 6. The van der Waals surface area contributed by atoms with E-state index in [1.165, 1.54) is 6.33 Å². The van der Waals surface area contributed by atoms with Gasteiger partial charge in [-0.05, 0) is 13.8 Å². The molecule has 2 aromatic rings. The number of nitrogens with one attached hydrogen (secondary N) is 1. The molecule has 0 fully saturated rings. The fourth-order valence-electron chi connectivity index (χ4n) is 1.60. The first-order chi connectivity index (χ1) is 9.20. The summed E-state index contributed by atoms with van der Waals surface area (Å²) in [5.41, 5.74) is 7.45. The summed E-state index contributed by atoms with van der Waals surface area (Å²) in [6.07, 6.45) is 2.27. The van der Waals surface area contributed by atoms with Gasteiger partial charge < -0.3 is 15.8 Å². The molecule has 0 amide bonds.